The van der Waals surface area contributed by atoms with E-state index in [1.54, 1.807) is 13.8 Å². The van der Waals surface area contributed by atoms with Crippen molar-refractivity contribution in [1.29, 1.82) is 0 Å². The minimum absolute atomic E-state index is 0.0680. The molecule has 2 rings (SSSR count). The van der Waals surface area contributed by atoms with Gasteiger partial charge in [-0.1, -0.05) is 30.3 Å². The van der Waals surface area contributed by atoms with Crippen molar-refractivity contribution in [2.75, 3.05) is 0 Å². The average molecular weight is 288 g/mol. The molecule has 0 aliphatic carbocycles. The van der Waals surface area contributed by atoms with Crippen LogP contribution in [0.5, 0.6) is 0 Å². The number of esters is 1. The smallest absolute Gasteiger partial charge is 0.333 e. The lowest BCUT2D eigenvalue weighted by Crippen LogP contribution is -2.30. The lowest BCUT2D eigenvalue weighted by molar-refractivity contribution is -0.141. The largest absolute Gasteiger partial charge is 0.460 e. The molecule has 6 nitrogen and oxygen atoms in total. The maximum Gasteiger partial charge on any atom is 0.333 e. The number of carbonyl (C=O) groups excluding carboxylic acids is 3. The van der Waals surface area contributed by atoms with Crippen LogP contribution in [0.15, 0.2) is 42.1 Å². The third-order valence-corrected chi connectivity index (χ3v) is 2.76. The SMILES string of the molecule is CC(C)OC(=O)C=C1NC(=O)N(Cc2ccccc2)C1=O. The normalized spacial score (nSPS) is 16.5. The van der Waals surface area contributed by atoms with Gasteiger partial charge in [0.15, 0.2) is 0 Å². The topological polar surface area (TPSA) is 75.7 Å². The van der Waals surface area contributed by atoms with Crippen LogP contribution in [0.4, 0.5) is 4.79 Å². The standard InChI is InChI=1S/C15H16N2O4/c1-10(2)21-13(18)8-12-14(19)17(15(20)16-12)9-11-6-4-3-5-7-11/h3-8,10H,9H2,1-2H3,(H,16,20). The molecule has 1 aliphatic heterocycles. The van der Waals surface area contributed by atoms with Gasteiger partial charge in [-0.05, 0) is 19.4 Å². The number of urea groups is 1. The number of amides is 3. The van der Waals surface area contributed by atoms with Crippen LogP contribution in [0.3, 0.4) is 0 Å². The molecule has 0 saturated carbocycles. The van der Waals surface area contributed by atoms with Gasteiger partial charge in [0.05, 0.1) is 18.7 Å². The quantitative estimate of drug-likeness (QED) is 0.518. The van der Waals surface area contributed by atoms with Crippen LogP contribution in [0.2, 0.25) is 0 Å². The Morgan fingerprint density at radius 2 is 1.95 bits per heavy atom. The van der Waals surface area contributed by atoms with Gasteiger partial charge in [0.25, 0.3) is 5.91 Å². The van der Waals surface area contributed by atoms with Crippen LogP contribution in [0, 0.1) is 0 Å². The molecule has 1 fully saturated rings. The van der Waals surface area contributed by atoms with Crippen LogP contribution in [-0.4, -0.2) is 28.9 Å². The minimum atomic E-state index is -0.657. The van der Waals surface area contributed by atoms with Gasteiger partial charge in [0.1, 0.15) is 5.70 Å². The van der Waals surface area contributed by atoms with E-state index in [2.05, 4.69) is 5.32 Å². The summed E-state index contributed by atoms with van der Waals surface area (Å²) in [7, 11) is 0. The summed E-state index contributed by atoms with van der Waals surface area (Å²) < 4.78 is 4.91. The first-order valence-corrected chi connectivity index (χ1v) is 6.56. The summed E-state index contributed by atoms with van der Waals surface area (Å²) in [4.78, 5) is 36.5. The summed E-state index contributed by atoms with van der Waals surface area (Å²) >= 11 is 0. The molecule has 0 bridgehead atoms. The minimum Gasteiger partial charge on any atom is -0.460 e. The number of nitrogens with zero attached hydrogens (tertiary/aromatic N) is 1. The average Bonchev–Trinajstić information content (AvgIpc) is 2.67. The molecule has 0 aromatic heterocycles. The van der Waals surface area contributed by atoms with Gasteiger partial charge in [0.2, 0.25) is 0 Å². The fourth-order valence-electron chi connectivity index (χ4n) is 1.87. The summed E-state index contributed by atoms with van der Waals surface area (Å²) in [5.41, 5.74) is 0.758. The molecule has 1 saturated heterocycles. The zero-order chi connectivity index (χ0) is 15.4. The number of hydrogen-bond donors (Lipinski definition) is 1. The van der Waals surface area contributed by atoms with Crippen molar-refractivity contribution < 1.29 is 19.1 Å². The van der Waals surface area contributed by atoms with Gasteiger partial charge < -0.3 is 10.1 Å². The number of benzene rings is 1. The van der Waals surface area contributed by atoms with E-state index in [4.69, 9.17) is 4.74 Å². The van der Waals surface area contributed by atoms with E-state index in [1.807, 2.05) is 30.3 Å². The predicted octanol–water partition coefficient (Wildman–Crippen LogP) is 1.57. The number of hydrogen-bond acceptors (Lipinski definition) is 4. The molecule has 110 valence electrons. The Morgan fingerprint density at radius 3 is 2.57 bits per heavy atom. The zero-order valence-corrected chi connectivity index (χ0v) is 11.8. The van der Waals surface area contributed by atoms with Crippen molar-refractivity contribution in [2.24, 2.45) is 0 Å². The maximum atomic E-state index is 12.1. The summed E-state index contributed by atoms with van der Waals surface area (Å²) in [6.45, 7) is 3.56. The second-order valence-electron chi connectivity index (χ2n) is 4.85. The Balaban J connectivity index is 2.10. The number of imide groups is 1. The predicted molar refractivity (Wildman–Crippen MR) is 74.8 cm³/mol. The molecule has 0 atom stereocenters. The Morgan fingerprint density at radius 1 is 1.29 bits per heavy atom. The fraction of sp³-hybridized carbons (Fsp3) is 0.267. The highest BCUT2D eigenvalue weighted by atomic mass is 16.5. The Labute approximate surface area is 122 Å². The molecule has 21 heavy (non-hydrogen) atoms. The van der Waals surface area contributed by atoms with E-state index in [9.17, 15) is 14.4 Å². The molecule has 1 heterocycles. The van der Waals surface area contributed by atoms with E-state index in [1.165, 1.54) is 0 Å². The van der Waals surface area contributed by atoms with Crippen molar-refractivity contribution in [1.82, 2.24) is 10.2 Å². The zero-order valence-electron chi connectivity index (χ0n) is 11.8. The molecule has 6 heteroatoms. The second-order valence-corrected chi connectivity index (χ2v) is 4.85. The summed E-state index contributed by atoms with van der Waals surface area (Å²) in [5, 5.41) is 2.38. The van der Waals surface area contributed by atoms with E-state index in [-0.39, 0.29) is 18.3 Å². The summed E-state index contributed by atoms with van der Waals surface area (Å²) in [6, 6.07) is 8.58. The summed E-state index contributed by atoms with van der Waals surface area (Å²) in [5.74, 6) is -1.19. The van der Waals surface area contributed by atoms with Crippen molar-refractivity contribution in [3.05, 3.63) is 47.7 Å². The van der Waals surface area contributed by atoms with Crippen LogP contribution >= 0.6 is 0 Å². The number of rotatable bonds is 4. The molecule has 1 aromatic carbocycles. The number of ether oxygens (including phenoxy) is 1. The first-order chi connectivity index (χ1) is 9.97. The molecular weight excluding hydrogens is 272 g/mol. The van der Waals surface area contributed by atoms with Crippen LogP contribution in [0.1, 0.15) is 19.4 Å². The van der Waals surface area contributed by atoms with Gasteiger partial charge in [-0.3, -0.25) is 9.69 Å². The lowest BCUT2D eigenvalue weighted by Gasteiger charge is -2.11. The second kappa shape index (κ2) is 6.21. The first kappa shape index (κ1) is 14.8. The van der Waals surface area contributed by atoms with Crippen molar-refractivity contribution in [3.8, 4) is 0 Å². The van der Waals surface area contributed by atoms with Gasteiger partial charge in [0, 0.05) is 0 Å². The van der Waals surface area contributed by atoms with Crippen molar-refractivity contribution in [2.45, 2.75) is 26.5 Å². The highest BCUT2D eigenvalue weighted by Gasteiger charge is 2.34. The van der Waals surface area contributed by atoms with E-state index in [0.717, 1.165) is 16.5 Å². The molecule has 1 aromatic rings. The van der Waals surface area contributed by atoms with Gasteiger partial charge in [-0.2, -0.15) is 0 Å². The monoisotopic (exact) mass is 288 g/mol. The van der Waals surface area contributed by atoms with Gasteiger partial charge in [-0.25, -0.2) is 9.59 Å². The van der Waals surface area contributed by atoms with Crippen molar-refractivity contribution in [3.63, 3.8) is 0 Å². The fourth-order valence-corrected chi connectivity index (χ4v) is 1.87. The molecule has 1 N–H and O–H groups in total. The molecular formula is C15H16N2O4. The van der Waals surface area contributed by atoms with Crippen LogP contribution in [-0.2, 0) is 20.9 Å². The first-order valence-electron chi connectivity index (χ1n) is 6.56. The lowest BCUT2D eigenvalue weighted by atomic mass is 10.2. The maximum absolute atomic E-state index is 12.1. The Bertz CT molecular complexity index is 593. The van der Waals surface area contributed by atoms with E-state index >= 15 is 0 Å². The van der Waals surface area contributed by atoms with Crippen molar-refractivity contribution >= 4 is 17.9 Å². The highest BCUT2D eigenvalue weighted by molar-refractivity contribution is 6.13. The Hall–Kier alpha value is -2.63. The summed E-state index contributed by atoms with van der Waals surface area (Å²) in [6.07, 6.45) is 0.715. The number of nitrogens with one attached hydrogen (secondary N) is 1. The molecule has 0 radical (unpaired) electrons. The Kier molecular flexibility index (Phi) is 4.37. The van der Waals surface area contributed by atoms with Crippen LogP contribution < -0.4 is 5.32 Å². The molecule has 0 unspecified atom stereocenters. The van der Waals surface area contributed by atoms with E-state index in [0.29, 0.717) is 0 Å². The highest BCUT2D eigenvalue weighted by Crippen LogP contribution is 2.14. The number of carbonyl (C=O) groups is 3. The van der Waals surface area contributed by atoms with Gasteiger partial charge >= 0.3 is 12.0 Å². The third kappa shape index (κ3) is 3.68. The van der Waals surface area contributed by atoms with Crippen LogP contribution in [0.25, 0.3) is 0 Å². The molecule has 3 amide bonds. The molecule has 1 aliphatic rings. The van der Waals surface area contributed by atoms with E-state index < -0.39 is 17.9 Å². The molecule has 0 spiro atoms. The third-order valence-electron chi connectivity index (χ3n) is 2.76. The van der Waals surface area contributed by atoms with Gasteiger partial charge in [-0.15, -0.1) is 0 Å².